The molecule has 0 aromatic heterocycles. The molecule has 3 aromatic rings. The summed E-state index contributed by atoms with van der Waals surface area (Å²) in [7, 11) is -1.89. The lowest BCUT2D eigenvalue weighted by atomic mass is 9.95. The van der Waals surface area contributed by atoms with Gasteiger partial charge in [-0.05, 0) is 47.4 Å². The third-order valence-corrected chi connectivity index (χ3v) is 9.46. The van der Waals surface area contributed by atoms with Gasteiger partial charge >= 0.3 is 0 Å². The van der Waals surface area contributed by atoms with Gasteiger partial charge in [0.1, 0.15) is 6.04 Å². The molecule has 11 heteroatoms. The lowest BCUT2D eigenvalue weighted by molar-refractivity contribution is -0.137. The number of fused-ring (bicyclic) bond motifs is 1. The second kappa shape index (κ2) is 12.7. The smallest absolute Gasteiger partial charge is 0.245 e. The van der Waals surface area contributed by atoms with Gasteiger partial charge in [-0.3, -0.25) is 13.9 Å². The van der Waals surface area contributed by atoms with Crippen molar-refractivity contribution in [1.29, 1.82) is 0 Å². The SMILES string of the molecule is CN(c1ccccc1N1CCN(C(=O)C(Cc2ccc(Cl)cc2)NC(=O)C2Cc3ccccc3CN2)CC1)S(C)(=O)=O. The number of halogens is 1. The van der Waals surface area contributed by atoms with Gasteiger partial charge in [0.05, 0.1) is 23.7 Å². The van der Waals surface area contributed by atoms with Crippen molar-refractivity contribution < 1.29 is 18.0 Å². The first-order valence-corrected chi connectivity index (χ1v) is 16.2. The summed E-state index contributed by atoms with van der Waals surface area (Å²) in [5, 5.41) is 6.97. The Morgan fingerprint density at radius 3 is 2.31 bits per heavy atom. The van der Waals surface area contributed by atoms with Crippen molar-refractivity contribution in [2.75, 3.05) is 48.7 Å². The zero-order valence-corrected chi connectivity index (χ0v) is 25.4. The van der Waals surface area contributed by atoms with Crippen LogP contribution in [0.4, 0.5) is 11.4 Å². The lowest BCUT2D eigenvalue weighted by Crippen LogP contribution is -2.58. The summed E-state index contributed by atoms with van der Waals surface area (Å²) in [5.74, 6) is -0.344. The van der Waals surface area contributed by atoms with Crippen LogP contribution >= 0.6 is 11.6 Å². The molecule has 9 nitrogen and oxygen atoms in total. The molecule has 0 bridgehead atoms. The maximum absolute atomic E-state index is 13.9. The summed E-state index contributed by atoms with van der Waals surface area (Å²) in [6.45, 7) is 2.55. The number of rotatable bonds is 8. The number of piperazine rings is 1. The minimum atomic E-state index is -3.43. The molecule has 42 heavy (non-hydrogen) atoms. The van der Waals surface area contributed by atoms with Gasteiger partial charge in [0.15, 0.2) is 0 Å². The zero-order valence-electron chi connectivity index (χ0n) is 23.8. The monoisotopic (exact) mass is 609 g/mol. The number of sulfonamides is 1. The van der Waals surface area contributed by atoms with E-state index < -0.39 is 22.1 Å². The lowest BCUT2D eigenvalue weighted by Gasteiger charge is -2.39. The number of nitrogens with zero attached hydrogens (tertiary/aromatic N) is 3. The molecule has 5 rings (SSSR count). The van der Waals surface area contributed by atoms with Crippen LogP contribution in [0.25, 0.3) is 0 Å². The van der Waals surface area contributed by atoms with Crippen LogP contribution < -0.4 is 19.8 Å². The van der Waals surface area contributed by atoms with Crippen LogP contribution in [0.1, 0.15) is 16.7 Å². The largest absolute Gasteiger partial charge is 0.366 e. The van der Waals surface area contributed by atoms with Crippen LogP contribution in [0.15, 0.2) is 72.8 Å². The summed E-state index contributed by atoms with van der Waals surface area (Å²) in [6.07, 6.45) is 2.08. The zero-order chi connectivity index (χ0) is 29.9. The Bertz CT molecular complexity index is 1540. The standard InChI is InChI=1S/C31H36ClN5O4S/c1-35(42(2,40)41)28-9-5-6-10-29(28)36-15-17-37(18-16-36)31(39)27(19-22-11-13-25(32)14-12-22)34-30(38)26-20-23-7-3-4-8-24(23)21-33-26/h3-14,26-27,33H,15-21H2,1-2H3,(H,34,38). The third-order valence-electron chi connectivity index (χ3n) is 8.02. The Morgan fingerprint density at radius 1 is 0.976 bits per heavy atom. The van der Waals surface area contributed by atoms with Gasteiger partial charge in [-0.15, -0.1) is 0 Å². The van der Waals surface area contributed by atoms with Crippen molar-refractivity contribution in [3.05, 3.63) is 94.5 Å². The van der Waals surface area contributed by atoms with Crippen LogP contribution in [0, 0.1) is 0 Å². The van der Waals surface area contributed by atoms with E-state index in [1.165, 1.54) is 23.2 Å². The number of benzene rings is 3. The van der Waals surface area contributed by atoms with Crippen LogP contribution in [0.3, 0.4) is 0 Å². The van der Waals surface area contributed by atoms with E-state index in [1.54, 1.807) is 23.1 Å². The molecule has 2 unspecified atom stereocenters. The molecule has 2 amide bonds. The van der Waals surface area contributed by atoms with E-state index in [-0.39, 0.29) is 11.8 Å². The highest BCUT2D eigenvalue weighted by Crippen LogP contribution is 2.30. The van der Waals surface area contributed by atoms with Crippen LogP contribution in [0.2, 0.25) is 5.02 Å². The van der Waals surface area contributed by atoms with Crippen molar-refractivity contribution in [2.45, 2.75) is 31.5 Å². The van der Waals surface area contributed by atoms with E-state index >= 15 is 0 Å². The molecular formula is C31H36ClN5O4S. The molecule has 0 saturated carbocycles. The summed E-state index contributed by atoms with van der Waals surface area (Å²) in [6, 6.07) is 21.6. The van der Waals surface area contributed by atoms with Crippen LogP contribution in [-0.2, 0) is 39.0 Å². The highest BCUT2D eigenvalue weighted by Gasteiger charge is 2.32. The van der Waals surface area contributed by atoms with Gasteiger partial charge in [-0.1, -0.05) is 60.1 Å². The highest BCUT2D eigenvalue weighted by atomic mass is 35.5. The van der Waals surface area contributed by atoms with E-state index in [9.17, 15) is 18.0 Å². The maximum atomic E-state index is 13.9. The fourth-order valence-electron chi connectivity index (χ4n) is 5.53. The van der Waals surface area contributed by atoms with E-state index in [4.69, 9.17) is 11.6 Å². The number of carbonyl (C=O) groups excluding carboxylic acids is 2. The molecule has 1 fully saturated rings. The summed E-state index contributed by atoms with van der Waals surface area (Å²) in [4.78, 5) is 31.2. The number of hydrogen-bond acceptors (Lipinski definition) is 6. The molecular weight excluding hydrogens is 574 g/mol. The molecule has 2 aliphatic heterocycles. The van der Waals surface area contributed by atoms with Gasteiger partial charge in [-0.25, -0.2) is 8.42 Å². The predicted octanol–water partition coefficient (Wildman–Crippen LogP) is 2.83. The van der Waals surface area contributed by atoms with Crippen molar-refractivity contribution in [3.8, 4) is 0 Å². The molecule has 2 aliphatic rings. The molecule has 2 atom stereocenters. The molecule has 2 N–H and O–H groups in total. The minimum absolute atomic E-state index is 0.143. The molecule has 2 heterocycles. The van der Waals surface area contributed by atoms with E-state index in [0.717, 1.165) is 16.8 Å². The highest BCUT2D eigenvalue weighted by molar-refractivity contribution is 7.92. The van der Waals surface area contributed by atoms with Gasteiger partial charge in [0.2, 0.25) is 21.8 Å². The first kappa shape index (κ1) is 29.9. The summed E-state index contributed by atoms with van der Waals surface area (Å²) < 4.78 is 25.7. The molecule has 0 aliphatic carbocycles. The van der Waals surface area contributed by atoms with Crippen LogP contribution in [-0.4, -0.2) is 76.7 Å². The maximum Gasteiger partial charge on any atom is 0.245 e. The topological polar surface area (TPSA) is 102 Å². The Kier molecular flexibility index (Phi) is 9.05. The second-order valence-corrected chi connectivity index (χ2v) is 13.3. The van der Waals surface area contributed by atoms with E-state index in [1.807, 2.05) is 48.5 Å². The van der Waals surface area contributed by atoms with Gasteiger partial charge < -0.3 is 20.4 Å². The number of nitrogens with one attached hydrogen (secondary N) is 2. The first-order chi connectivity index (χ1) is 20.1. The summed E-state index contributed by atoms with van der Waals surface area (Å²) >= 11 is 6.09. The first-order valence-electron chi connectivity index (χ1n) is 14.0. The number of amides is 2. The minimum Gasteiger partial charge on any atom is -0.366 e. The third kappa shape index (κ3) is 6.88. The average molecular weight is 610 g/mol. The Labute approximate surface area is 252 Å². The molecule has 0 radical (unpaired) electrons. The molecule has 0 spiro atoms. The average Bonchev–Trinajstić information content (AvgIpc) is 3.00. The van der Waals surface area contributed by atoms with Crippen molar-refractivity contribution in [2.24, 2.45) is 0 Å². The number of carbonyl (C=O) groups is 2. The number of hydrogen-bond donors (Lipinski definition) is 2. The number of anilines is 2. The fraction of sp³-hybridized carbons (Fsp3) is 0.355. The Morgan fingerprint density at radius 2 is 1.62 bits per heavy atom. The van der Waals surface area contributed by atoms with E-state index in [0.29, 0.717) is 56.3 Å². The Balaban J connectivity index is 1.29. The van der Waals surface area contributed by atoms with Crippen LogP contribution in [0.5, 0.6) is 0 Å². The second-order valence-electron chi connectivity index (χ2n) is 10.8. The van der Waals surface area contributed by atoms with Crippen molar-refractivity contribution >= 4 is 44.8 Å². The van der Waals surface area contributed by atoms with Gasteiger partial charge in [0.25, 0.3) is 0 Å². The molecule has 3 aromatic carbocycles. The predicted molar refractivity (Wildman–Crippen MR) is 166 cm³/mol. The molecule has 222 valence electrons. The number of para-hydroxylation sites is 2. The summed E-state index contributed by atoms with van der Waals surface area (Å²) in [5.41, 5.74) is 4.60. The fourth-order valence-corrected chi connectivity index (χ4v) is 6.17. The Hall–Kier alpha value is -3.60. The van der Waals surface area contributed by atoms with Crippen molar-refractivity contribution in [3.63, 3.8) is 0 Å². The molecule has 1 saturated heterocycles. The quantitative estimate of drug-likeness (QED) is 0.407. The van der Waals surface area contributed by atoms with Crippen molar-refractivity contribution in [1.82, 2.24) is 15.5 Å². The normalized spacial score (nSPS) is 17.7. The van der Waals surface area contributed by atoms with E-state index in [2.05, 4.69) is 21.6 Å². The van der Waals surface area contributed by atoms with Gasteiger partial charge in [0, 0.05) is 51.2 Å². The van der Waals surface area contributed by atoms with Gasteiger partial charge in [-0.2, -0.15) is 0 Å².